The van der Waals surface area contributed by atoms with Gasteiger partial charge in [-0.2, -0.15) is 0 Å². The van der Waals surface area contributed by atoms with E-state index < -0.39 is 5.97 Å². The average Bonchev–Trinajstić information content (AvgIpc) is 2.39. The van der Waals surface area contributed by atoms with Gasteiger partial charge in [-0.05, 0) is 24.3 Å². The van der Waals surface area contributed by atoms with Gasteiger partial charge in [0.1, 0.15) is 16.5 Å². The summed E-state index contributed by atoms with van der Waals surface area (Å²) in [5, 5.41) is 9.50. The van der Waals surface area contributed by atoms with Gasteiger partial charge in [0, 0.05) is 0 Å². The third-order valence-corrected chi connectivity index (χ3v) is 3.22. The Hall–Kier alpha value is -2.01. The fourth-order valence-electron chi connectivity index (χ4n) is 1.41. The minimum atomic E-state index is -1.03. The second-order valence-electron chi connectivity index (χ2n) is 3.42. The number of carbonyl (C=O) groups is 1. The molecule has 1 N–H and O–H groups in total. The Morgan fingerprint density at radius 2 is 2.00 bits per heavy atom. The second-order valence-corrected chi connectivity index (χ2v) is 4.48. The number of benzene rings is 1. The van der Waals surface area contributed by atoms with Gasteiger partial charge in [0.25, 0.3) is 0 Å². The highest BCUT2D eigenvalue weighted by atomic mass is 32.2. The van der Waals surface area contributed by atoms with E-state index in [1.165, 1.54) is 17.8 Å². The van der Waals surface area contributed by atoms with Crippen molar-refractivity contribution in [2.45, 2.75) is 9.92 Å². The van der Waals surface area contributed by atoms with Crippen molar-refractivity contribution in [3.05, 3.63) is 48.2 Å². The predicted octanol–water partition coefficient (Wildman–Crippen LogP) is 2.94. The van der Waals surface area contributed by atoms with E-state index in [2.05, 4.69) is 4.98 Å². The molecule has 0 unspecified atom stereocenters. The van der Waals surface area contributed by atoms with Crippen molar-refractivity contribution in [3.63, 3.8) is 0 Å². The summed E-state index contributed by atoms with van der Waals surface area (Å²) in [5.74, 6) is -0.289. The van der Waals surface area contributed by atoms with E-state index in [9.17, 15) is 4.79 Å². The van der Waals surface area contributed by atoms with Crippen molar-refractivity contribution in [3.8, 4) is 5.75 Å². The molecule has 2 rings (SSSR count). The van der Waals surface area contributed by atoms with E-state index in [1.807, 2.05) is 24.3 Å². The van der Waals surface area contributed by atoms with Gasteiger partial charge in [-0.15, -0.1) is 0 Å². The lowest BCUT2D eigenvalue weighted by Crippen LogP contribution is -2.00. The Morgan fingerprint density at radius 3 is 2.72 bits per heavy atom. The molecule has 4 nitrogen and oxygen atoms in total. The molecule has 0 aliphatic rings. The van der Waals surface area contributed by atoms with Crippen LogP contribution in [-0.4, -0.2) is 23.2 Å². The molecule has 18 heavy (non-hydrogen) atoms. The summed E-state index contributed by atoms with van der Waals surface area (Å²) in [6.45, 7) is 0. The van der Waals surface area contributed by atoms with Crippen molar-refractivity contribution < 1.29 is 14.6 Å². The highest BCUT2D eigenvalue weighted by Crippen LogP contribution is 2.33. The predicted molar refractivity (Wildman–Crippen MR) is 68.3 cm³/mol. The summed E-state index contributed by atoms with van der Waals surface area (Å²) in [5.41, 5.74) is 0.0369. The van der Waals surface area contributed by atoms with Crippen molar-refractivity contribution in [2.24, 2.45) is 0 Å². The molecule has 0 amide bonds. The first-order valence-electron chi connectivity index (χ1n) is 5.22. The van der Waals surface area contributed by atoms with Gasteiger partial charge in [0.2, 0.25) is 0 Å². The van der Waals surface area contributed by atoms with Crippen molar-refractivity contribution in [2.75, 3.05) is 7.11 Å². The van der Waals surface area contributed by atoms with E-state index in [4.69, 9.17) is 9.84 Å². The number of pyridine rings is 1. The van der Waals surface area contributed by atoms with Gasteiger partial charge in [-0.3, -0.25) is 0 Å². The van der Waals surface area contributed by atoms with Crippen LogP contribution in [0.3, 0.4) is 0 Å². The molecule has 0 aliphatic carbocycles. The molecule has 1 heterocycles. The monoisotopic (exact) mass is 261 g/mol. The number of carboxylic acid groups (broad SMARTS) is 1. The Balaban J connectivity index is 2.28. The van der Waals surface area contributed by atoms with E-state index in [0.717, 1.165) is 10.6 Å². The molecular weight excluding hydrogens is 250 g/mol. The van der Waals surface area contributed by atoms with Crippen LogP contribution in [-0.2, 0) is 0 Å². The number of rotatable bonds is 4. The number of aromatic nitrogens is 1. The van der Waals surface area contributed by atoms with Crippen molar-refractivity contribution >= 4 is 17.7 Å². The zero-order valence-electron chi connectivity index (χ0n) is 9.66. The smallest absolute Gasteiger partial charge is 0.354 e. The molecule has 2 aromatic rings. The molecule has 0 fully saturated rings. The zero-order chi connectivity index (χ0) is 13.0. The number of aromatic carboxylic acids is 1. The molecule has 1 aromatic heterocycles. The maximum absolute atomic E-state index is 10.8. The lowest BCUT2D eigenvalue weighted by atomic mass is 10.3. The third-order valence-electron chi connectivity index (χ3n) is 2.23. The number of nitrogens with zero attached hydrogens (tertiary/aromatic N) is 1. The first kappa shape index (κ1) is 12.4. The van der Waals surface area contributed by atoms with Crippen molar-refractivity contribution in [1.82, 2.24) is 4.98 Å². The minimum Gasteiger partial charge on any atom is -0.496 e. The van der Waals surface area contributed by atoms with Gasteiger partial charge in [-0.1, -0.05) is 30.0 Å². The van der Waals surface area contributed by atoms with E-state index >= 15 is 0 Å². The topological polar surface area (TPSA) is 59.4 Å². The van der Waals surface area contributed by atoms with Crippen LogP contribution in [0.1, 0.15) is 10.5 Å². The van der Waals surface area contributed by atoms with Gasteiger partial charge in [0.05, 0.1) is 12.0 Å². The molecular formula is C13H11NO3S. The van der Waals surface area contributed by atoms with Gasteiger partial charge in [0.15, 0.2) is 0 Å². The average molecular weight is 261 g/mol. The normalized spacial score (nSPS) is 10.1. The second kappa shape index (κ2) is 5.55. The number of para-hydroxylation sites is 1. The van der Waals surface area contributed by atoms with Gasteiger partial charge in [-0.25, -0.2) is 9.78 Å². The summed E-state index contributed by atoms with van der Waals surface area (Å²) in [6, 6.07) is 12.4. The number of hydrogen-bond acceptors (Lipinski definition) is 4. The molecule has 0 aliphatic heterocycles. The Bertz CT molecular complexity index is 572. The van der Waals surface area contributed by atoms with Crippen LogP contribution in [0.4, 0.5) is 0 Å². The van der Waals surface area contributed by atoms with E-state index in [-0.39, 0.29) is 5.69 Å². The first-order chi connectivity index (χ1) is 8.70. The van der Waals surface area contributed by atoms with Crippen LogP contribution in [0.2, 0.25) is 0 Å². The highest BCUT2D eigenvalue weighted by Gasteiger charge is 2.08. The molecule has 1 aromatic carbocycles. The van der Waals surface area contributed by atoms with Crippen LogP contribution in [0.15, 0.2) is 52.4 Å². The summed E-state index contributed by atoms with van der Waals surface area (Å²) in [6.07, 6.45) is 0. The summed E-state index contributed by atoms with van der Waals surface area (Å²) in [4.78, 5) is 15.8. The fourth-order valence-corrected chi connectivity index (χ4v) is 2.32. The fraction of sp³-hybridized carbons (Fsp3) is 0.0769. The summed E-state index contributed by atoms with van der Waals surface area (Å²) >= 11 is 1.37. The van der Waals surface area contributed by atoms with Crippen LogP contribution in [0.25, 0.3) is 0 Å². The Kier molecular flexibility index (Phi) is 3.84. The number of carboxylic acids is 1. The first-order valence-corrected chi connectivity index (χ1v) is 6.03. The van der Waals surface area contributed by atoms with Gasteiger partial charge < -0.3 is 9.84 Å². The molecule has 5 heteroatoms. The lowest BCUT2D eigenvalue weighted by Gasteiger charge is -2.07. The van der Waals surface area contributed by atoms with E-state index in [1.54, 1.807) is 19.2 Å². The minimum absolute atomic E-state index is 0.0369. The van der Waals surface area contributed by atoms with Crippen molar-refractivity contribution in [1.29, 1.82) is 0 Å². The maximum Gasteiger partial charge on any atom is 0.354 e. The number of ether oxygens (including phenoxy) is 1. The molecule has 0 spiro atoms. The summed E-state index contributed by atoms with van der Waals surface area (Å²) < 4.78 is 5.23. The van der Waals surface area contributed by atoms with Crippen LogP contribution < -0.4 is 4.74 Å². The lowest BCUT2D eigenvalue weighted by molar-refractivity contribution is 0.0689. The standard InChI is InChI=1S/C13H11NO3S/c1-17-10-6-2-3-7-11(10)18-12-8-4-5-9(14-12)13(15)16/h2-8H,1H3,(H,15,16). The molecule has 0 radical (unpaired) electrons. The van der Waals surface area contributed by atoms with Crippen LogP contribution >= 0.6 is 11.8 Å². The van der Waals surface area contributed by atoms with E-state index in [0.29, 0.717) is 5.03 Å². The zero-order valence-corrected chi connectivity index (χ0v) is 10.5. The molecule has 0 saturated carbocycles. The SMILES string of the molecule is COc1ccccc1Sc1cccc(C(=O)O)n1. The highest BCUT2D eigenvalue weighted by molar-refractivity contribution is 7.99. The summed E-state index contributed by atoms with van der Waals surface area (Å²) in [7, 11) is 1.60. The third kappa shape index (κ3) is 2.81. The van der Waals surface area contributed by atoms with Gasteiger partial charge >= 0.3 is 5.97 Å². The maximum atomic E-state index is 10.8. The number of hydrogen-bond donors (Lipinski definition) is 1. The van der Waals surface area contributed by atoms with Crippen LogP contribution in [0, 0.1) is 0 Å². The largest absolute Gasteiger partial charge is 0.496 e. The Labute approximate surface area is 109 Å². The quantitative estimate of drug-likeness (QED) is 0.917. The Morgan fingerprint density at radius 1 is 1.22 bits per heavy atom. The molecule has 0 saturated heterocycles. The molecule has 0 atom stereocenters. The number of methoxy groups -OCH3 is 1. The molecule has 0 bridgehead atoms. The molecule has 92 valence electrons. The van der Waals surface area contributed by atoms with Crippen LogP contribution in [0.5, 0.6) is 5.75 Å².